The summed E-state index contributed by atoms with van der Waals surface area (Å²) in [4.78, 5) is 14.8. The fourth-order valence-electron chi connectivity index (χ4n) is 4.11. The first-order valence-electron chi connectivity index (χ1n) is 10.4. The molecule has 1 fully saturated rings. The van der Waals surface area contributed by atoms with E-state index in [1.54, 1.807) is 4.52 Å². The Labute approximate surface area is 178 Å². The SMILES string of the molecule is Cc1ccn2nc(C)c(C(=O)NCc3ccc(N4CCC(C(F)(F)F)CC4)cc3)c2c1. The quantitative estimate of drug-likeness (QED) is 0.655. The van der Waals surface area contributed by atoms with E-state index in [0.29, 0.717) is 30.9 Å². The minimum atomic E-state index is -4.10. The van der Waals surface area contributed by atoms with Gasteiger partial charge in [0.25, 0.3) is 5.91 Å². The standard InChI is InChI=1S/C23H25F3N4O/c1-15-7-12-30-20(13-15)21(16(2)28-30)22(31)27-14-17-3-5-19(6-4-17)29-10-8-18(9-11-29)23(24,25)26/h3-7,12-13,18H,8-11,14H2,1-2H3,(H,27,31). The third-order valence-corrected chi connectivity index (χ3v) is 5.91. The summed E-state index contributed by atoms with van der Waals surface area (Å²) in [6.45, 7) is 4.93. The molecule has 3 aromatic rings. The summed E-state index contributed by atoms with van der Waals surface area (Å²) in [6, 6.07) is 11.5. The number of aromatic nitrogens is 2. The van der Waals surface area contributed by atoms with Crippen LogP contribution in [0.4, 0.5) is 18.9 Å². The molecular formula is C23H25F3N4O. The van der Waals surface area contributed by atoms with E-state index in [4.69, 9.17) is 0 Å². The van der Waals surface area contributed by atoms with E-state index in [-0.39, 0.29) is 18.7 Å². The Bertz CT molecular complexity index is 1080. The molecule has 5 nitrogen and oxygen atoms in total. The van der Waals surface area contributed by atoms with Gasteiger partial charge in [0.1, 0.15) is 0 Å². The summed E-state index contributed by atoms with van der Waals surface area (Å²) in [7, 11) is 0. The number of aryl methyl sites for hydroxylation is 2. The van der Waals surface area contributed by atoms with Gasteiger partial charge in [-0.05, 0) is 62.1 Å². The minimum absolute atomic E-state index is 0.125. The van der Waals surface area contributed by atoms with E-state index < -0.39 is 12.1 Å². The predicted octanol–water partition coefficient (Wildman–Crippen LogP) is 4.66. The molecule has 164 valence electrons. The monoisotopic (exact) mass is 430 g/mol. The molecular weight excluding hydrogens is 405 g/mol. The lowest BCUT2D eigenvalue weighted by molar-refractivity contribution is -0.179. The van der Waals surface area contributed by atoms with Crippen LogP contribution in [0.15, 0.2) is 42.6 Å². The second kappa shape index (κ2) is 8.24. The molecule has 0 unspecified atom stereocenters. The van der Waals surface area contributed by atoms with Crippen molar-refractivity contribution in [3.8, 4) is 0 Å². The number of nitrogens with one attached hydrogen (secondary N) is 1. The van der Waals surface area contributed by atoms with E-state index in [9.17, 15) is 18.0 Å². The Hall–Kier alpha value is -3.03. The number of piperidine rings is 1. The molecule has 1 aliphatic heterocycles. The Balaban J connectivity index is 1.38. The number of nitrogens with zero attached hydrogens (tertiary/aromatic N) is 3. The smallest absolute Gasteiger partial charge is 0.372 e. The average Bonchev–Trinajstić information content (AvgIpc) is 3.07. The second-order valence-electron chi connectivity index (χ2n) is 8.15. The van der Waals surface area contributed by atoms with Crippen LogP contribution in [0, 0.1) is 19.8 Å². The Morgan fingerprint density at radius 1 is 1.13 bits per heavy atom. The highest BCUT2D eigenvalue weighted by atomic mass is 19.4. The molecule has 0 radical (unpaired) electrons. The van der Waals surface area contributed by atoms with E-state index in [1.165, 1.54) is 0 Å². The number of carbonyl (C=O) groups excluding carboxylic acids is 1. The van der Waals surface area contributed by atoms with Crippen LogP contribution in [0.2, 0.25) is 0 Å². The van der Waals surface area contributed by atoms with Crippen LogP contribution in [0.5, 0.6) is 0 Å². The van der Waals surface area contributed by atoms with Gasteiger partial charge in [0.15, 0.2) is 0 Å². The van der Waals surface area contributed by atoms with E-state index in [0.717, 1.165) is 22.3 Å². The molecule has 1 N–H and O–H groups in total. The lowest BCUT2D eigenvalue weighted by Gasteiger charge is -2.34. The number of fused-ring (bicyclic) bond motifs is 1. The molecule has 1 saturated heterocycles. The van der Waals surface area contributed by atoms with Gasteiger partial charge in [-0.3, -0.25) is 4.79 Å². The maximum absolute atomic E-state index is 12.8. The minimum Gasteiger partial charge on any atom is -0.372 e. The van der Waals surface area contributed by atoms with Crippen molar-refractivity contribution in [3.05, 3.63) is 65.0 Å². The van der Waals surface area contributed by atoms with Crippen LogP contribution < -0.4 is 10.2 Å². The molecule has 4 rings (SSSR count). The number of benzene rings is 1. The van der Waals surface area contributed by atoms with Crippen LogP contribution in [0.25, 0.3) is 5.52 Å². The lowest BCUT2D eigenvalue weighted by Crippen LogP contribution is -2.39. The predicted molar refractivity (Wildman–Crippen MR) is 113 cm³/mol. The van der Waals surface area contributed by atoms with Crippen molar-refractivity contribution in [3.63, 3.8) is 0 Å². The third kappa shape index (κ3) is 4.52. The molecule has 2 aromatic heterocycles. The maximum atomic E-state index is 12.8. The largest absolute Gasteiger partial charge is 0.391 e. The fraction of sp³-hybridized carbons (Fsp3) is 0.391. The van der Waals surface area contributed by atoms with Gasteiger partial charge < -0.3 is 10.2 Å². The number of halogens is 3. The summed E-state index contributed by atoms with van der Waals surface area (Å²) in [6.07, 6.45) is -2.02. The average molecular weight is 430 g/mol. The van der Waals surface area contributed by atoms with Crippen molar-refractivity contribution < 1.29 is 18.0 Å². The van der Waals surface area contributed by atoms with E-state index in [1.807, 2.05) is 61.3 Å². The number of pyridine rings is 1. The van der Waals surface area contributed by atoms with Crippen molar-refractivity contribution in [2.75, 3.05) is 18.0 Å². The summed E-state index contributed by atoms with van der Waals surface area (Å²) in [5.41, 5.74) is 4.88. The molecule has 1 aromatic carbocycles. The summed E-state index contributed by atoms with van der Waals surface area (Å²) < 4.78 is 40.2. The molecule has 0 aliphatic carbocycles. The van der Waals surface area contributed by atoms with E-state index >= 15 is 0 Å². The first kappa shape index (κ1) is 21.2. The number of hydrogen-bond acceptors (Lipinski definition) is 3. The van der Waals surface area contributed by atoms with Gasteiger partial charge in [-0.15, -0.1) is 0 Å². The Morgan fingerprint density at radius 3 is 2.45 bits per heavy atom. The molecule has 1 aliphatic rings. The van der Waals surface area contributed by atoms with Gasteiger partial charge in [-0.25, -0.2) is 4.52 Å². The summed E-state index contributed by atoms with van der Waals surface area (Å²) in [5, 5.41) is 7.34. The highest BCUT2D eigenvalue weighted by Crippen LogP contribution is 2.35. The number of alkyl halides is 3. The number of anilines is 1. The van der Waals surface area contributed by atoms with Crippen LogP contribution in [0.1, 0.15) is 40.0 Å². The zero-order valence-electron chi connectivity index (χ0n) is 17.5. The first-order valence-corrected chi connectivity index (χ1v) is 10.4. The van der Waals surface area contributed by atoms with Crippen LogP contribution in [-0.2, 0) is 6.54 Å². The molecule has 8 heteroatoms. The van der Waals surface area contributed by atoms with Crippen LogP contribution >= 0.6 is 0 Å². The zero-order chi connectivity index (χ0) is 22.2. The Morgan fingerprint density at radius 2 is 1.81 bits per heavy atom. The molecule has 0 atom stereocenters. The molecule has 31 heavy (non-hydrogen) atoms. The number of hydrogen-bond donors (Lipinski definition) is 1. The zero-order valence-corrected chi connectivity index (χ0v) is 17.5. The van der Waals surface area contributed by atoms with Gasteiger partial charge in [0.05, 0.1) is 22.7 Å². The summed E-state index contributed by atoms with van der Waals surface area (Å²) >= 11 is 0. The number of rotatable bonds is 4. The second-order valence-corrected chi connectivity index (χ2v) is 8.15. The van der Waals surface area contributed by atoms with Gasteiger partial charge in [0, 0.05) is 31.5 Å². The number of carbonyl (C=O) groups is 1. The van der Waals surface area contributed by atoms with Crippen molar-refractivity contribution >= 4 is 17.1 Å². The molecule has 0 saturated carbocycles. The maximum Gasteiger partial charge on any atom is 0.391 e. The molecule has 3 heterocycles. The molecule has 0 spiro atoms. The summed E-state index contributed by atoms with van der Waals surface area (Å²) in [5.74, 6) is -1.39. The van der Waals surface area contributed by atoms with Crippen molar-refractivity contribution in [1.82, 2.24) is 14.9 Å². The van der Waals surface area contributed by atoms with Gasteiger partial charge in [-0.1, -0.05) is 12.1 Å². The molecule has 0 bridgehead atoms. The topological polar surface area (TPSA) is 49.6 Å². The third-order valence-electron chi connectivity index (χ3n) is 5.91. The van der Waals surface area contributed by atoms with Gasteiger partial charge >= 0.3 is 6.18 Å². The highest BCUT2D eigenvalue weighted by Gasteiger charge is 2.41. The van der Waals surface area contributed by atoms with Crippen molar-refractivity contribution in [2.24, 2.45) is 5.92 Å². The fourth-order valence-corrected chi connectivity index (χ4v) is 4.11. The van der Waals surface area contributed by atoms with Gasteiger partial charge in [0.2, 0.25) is 0 Å². The first-order chi connectivity index (χ1) is 14.7. The van der Waals surface area contributed by atoms with Crippen molar-refractivity contribution in [2.45, 2.75) is 39.4 Å². The highest BCUT2D eigenvalue weighted by molar-refractivity contribution is 6.02. The van der Waals surface area contributed by atoms with Crippen molar-refractivity contribution in [1.29, 1.82) is 0 Å². The van der Waals surface area contributed by atoms with E-state index in [2.05, 4.69) is 10.4 Å². The normalized spacial score (nSPS) is 15.5. The lowest BCUT2D eigenvalue weighted by atomic mass is 9.96. The van der Waals surface area contributed by atoms with Gasteiger partial charge in [-0.2, -0.15) is 18.3 Å². The van der Waals surface area contributed by atoms with Crippen LogP contribution in [-0.4, -0.2) is 34.8 Å². The van der Waals surface area contributed by atoms with Crippen LogP contribution in [0.3, 0.4) is 0 Å². The molecule has 1 amide bonds. The number of amides is 1. The Kier molecular flexibility index (Phi) is 5.64.